The van der Waals surface area contributed by atoms with Gasteiger partial charge in [0.15, 0.2) is 6.61 Å². The first-order chi connectivity index (χ1) is 13.1. The van der Waals surface area contributed by atoms with Gasteiger partial charge in [0, 0.05) is 19.0 Å². The number of carbonyl (C=O) groups excluding carboxylic acids is 1. The Hall–Kier alpha value is -2.60. The van der Waals surface area contributed by atoms with E-state index in [4.69, 9.17) is 14.2 Å². The molecule has 142 valence electrons. The van der Waals surface area contributed by atoms with E-state index in [9.17, 15) is 4.79 Å². The van der Waals surface area contributed by atoms with Gasteiger partial charge in [-0.3, -0.25) is 9.78 Å². The second-order valence-corrected chi connectivity index (χ2v) is 7.30. The number of benzene rings is 1. The third kappa shape index (κ3) is 4.22. The summed E-state index contributed by atoms with van der Waals surface area (Å²) in [6.45, 7) is 3.90. The van der Waals surface area contributed by atoms with Crippen LogP contribution in [0.2, 0.25) is 0 Å². The van der Waals surface area contributed by atoms with Crippen LogP contribution in [0.15, 0.2) is 48.8 Å². The summed E-state index contributed by atoms with van der Waals surface area (Å²) in [6.07, 6.45) is 5.17. The van der Waals surface area contributed by atoms with Gasteiger partial charge in [0.05, 0.1) is 25.9 Å². The molecule has 2 fully saturated rings. The van der Waals surface area contributed by atoms with Crippen molar-refractivity contribution in [3.63, 3.8) is 0 Å². The van der Waals surface area contributed by atoms with E-state index in [1.807, 2.05) is 43.3 Å². The Labute approximate surface area is 159 Å². The van der Waals surface area contributed by atoms with Gasteiger partial charge in [-0.1, -0.05) is 17.7 Å². The molecule has 0 bridgehead atoms. The van der Waals surface area contributed by atoms with Gasteiger partial charge in [-0.05, 0) is 31.2 Å². The minimum atomic E-state index is -0.287. The van der Waals surface area contributed by atoms with E-state index >= 15 is 0 Å². The predicted molar refractivity (Wildman–Crippen MR) is 99.8 cm³/mol. The molecule has 0 radical (unpaired) electrons. The topological polar surface area (TPSA) is 60.9 Å². The van der Waals surface area contributed by atoms with E-state index in [0.29, 0.717) is 25.4 Å². The Morgan fingerprint density at radius 3 is 2.81 bits per heavy atom. The molecule has 3 heterocycles. The highest BCUT2D eigenvalue weighted by Gasteiger charge is 2.49. The highest BCUT2D eigenvalue weighted by atomic mass is 16.5. The maximum absolute atomic E-state index is 12.4. The summed E-state index contributed by atoms with van der Waals surface area (Å²) < 4.78 is 17.6. The SMILES string of the molecule is Cc1ccc(OCC(=O)N2CC3(CC(Oc4cccnc4)CCO3)C2)cc1. The molecule has 2 aliphatic heterocycles. The maximum atomic E-state index is 12.4. The van der Waals surface area contributed by atoms with Gasteiger partial charge >= 0.3 is 0 Å². The minimum Gasteiger partial charge on any atom is -0.489 e. The van der Waals surface area contributed by atoms with Crippen molar-refractivity contribution in [2.75, 3.05) is 26.3 Å². The number of hydrogen-bond acceptors (Lipinski definition) is 5. The van der Waals surface area contributed by atoms with Gasteiger partial charge in [0.2, 0.25) is 0 Å². The summed E-state index contributed by atoms with van der Waals surface area (Å²) in [7, 11) is 0. The van der Waals surface area contributed by atoms with Crippen LogP contribution in [0.25, 0.3) is 0 Å². The molecule has 0 saturated carbocycles. The molecule has 1 spiro atoms. The van der Waals surface area contributed by atoms with Gasteiger partial charge in [-0.15, -0.1) is 0 Å². The van der Waals surface area contributed by atoms with Crippen molar-refractivity contribution in [1.82, 2.24) is 9.88 Å². The van der Waals surface area contributed by atoms with Gasteiger partial charge in [0.25, 0.3) is 5.91 Å². The molecule has 2 saturated heterocycles. The highest BCUT2D eigenvalue weighted by Crippen LogP contribution is 2.35. The van der Waals surface area contributed by atoms with E-state index in [2.05, 4.69) is 4.98 Å². The number of aromatic nitrogens is 1. The summed E-state index contributed by atoms with van der Waals surface area (Å²) in [6, 6.07) is 11.5. The average molecular weight is 368 g/mol. The predicted octanol–water partition coefficient (Wildman–Crippen LogP) is 2.61. The Balaban J connectivity index is 1.26. The second-order valence-electron chi connectivity index (χ2n) is 7.30. The largest absolute Gasteiger partial charge is 0.489 e. The number of pyridine rings is 1. The zero-order chi connectivity index (χ0) is 18.7. The lowest BCUT2D eigenvalue weighted by atomic mass is 9.84. The van der Waals surface area contributed by atoms with Crippen LogP contribution in [0.5, 0.6) is 11.5 Å². The third-order valence-corrected chi connectivity index (χ3v) is 5.08. The molecule has 2 aliphatic rings. The molecule has 1 atom stereocenters. The molecule has 1 unspecified atom stereocenters. The standard InChI is InChI=1S/C21H24N2O4/c1-16-4-6-17(7-5-16)25-13-20(24)23-14-21(15-23)11-18(8-10-26-21)27-19-3-2-9-22-12-19/h2-7,9,12,18H,8,10-11,13-15H2,1H3. The Morgan fingerprint density at radius 1 is 1.26 bits per heavy atom. The van der Waals surface area contributed by atoms with Gasteiger partial charge in [-0.25, -0.2) is 0 Å². The monoisotopic (exact) mass is 368 g/mol. The molecule has 1 amide bonds. The fourth-order valence-corrected chi connectivity index (χ4v) is 3.61. The first-order valence-corrected chi connectivity index (χ1v) is 9.30. The van der Waals surface area contributed by atoms with E-state index in [1.54, 1.807) is 17.3 Å². The lowest BCUT2D eigenvalue weighted by molar-refractivity contribution is -0.194. The molecule has 2 aromatic rings. The molecule has 0 N–H and O–H groups in total. The lowest BCUT2D eigenvalue weighted by Gasteiger charge is -2.52. The van der Waals surface area contributed by atoms with Gasteiger partial charge < -0.3 is 19.1 Å². The number of aryl methyl sites for hydroxylation is 1. The molecular weight excluding hydrogens is 344 g/mol. The van der Waals surface area contributed by atoms with Crippen molar-refractivity contribution in [2.24, 2.45) is 0 Å². The first-order valence-electron chi connectivity index (χ1n) is 9.30. The van der Waals surface area contributed by atoms with Gasteiger partial charge in [0.1, 0.15) is 23.2 Å². The molecule has 27 heavy (non-hydrogen) atoms. The number of likely N-dealkylation sites (tertiary alicyclic amines) is 1. The molecule has 0 aliphatic carbocycles. The first kappa shape index (κ1) is 17.8. The van der Waals surface area contributed by atoms with Crippen molar-refractivity contribution >= 4 is 5.91 Å². The summed E-state index contributed by atoms with van der Waals surface area (Å²) in [5.74, 6) is 1.47. The summed E-state index contributed by atoms with van der Waals surface area (Å²) in [5, 5.41) is 0. The zero-order valence-electron chi connectivity index (χ0n) is 15.5. The molecule has 6 nitrogen and oxygen atoms in total. The number of nitrogens with zero attached hydrogens (tertiary/aromatic N) is 2. The average Bonchev–Trinajstić information content (AvgIpc) is 2.66. The van der Waals surface area contributed by atoms with Crippen molar-refractivity contribution < 1.29 is 19.0 Å². The smallest absolute Gasteiger partial charge is 0.260 e. The summed E-state index contributed by atoms with van der Waals surface area (Å²) in [4.78, 5) is 18.2. The van der Waals surface area contributed by atoms with E-state index in [0.717, 1.165) is 24.2 Å². The lowest BCUT2D eigenvalue weighted by Crippen LogP contribution is -2.68. The highest BCUT2D eigenvalue weighted by molar-refractivity contribution is 5.79. The van der Waals surface area contributed by atoms with Crippen molar-refractivity contribution in [1.29, 1.82) is 0 Å². The number of hydrogen-bond donors (Lipinski definition) is 0. The fourth-order valence-electron chi connectivity index (χ4n) is 3.61. The summed E-state index contributed by atoms with van der Waals surface area (Å²) >= 11 is 0. The van der Waals surface area contributed by atoms with Crippen molar-refractivity contribution in [3.05, 3.63) is 54.4 Å². The third-order valence-electron chi connectivity index (χ3n) is 5.08. The van der Waals surface area contributed by atoms with Crippen LogP contribution in [0.4, 0.5) is 0 Å². The Bertz CT molecular complexity index is 773. The van der Waals surface area contributed by atoms with Gasteiger partial charge in [-0.2, -0.15) is 0 Å². The van der Waals surface area contributed by atoms with Crippen LogP contribution in [-0.2, 0) is 9.53 Å². The normalized spacial score (nSPS) is 20.8. The molecular formula is C21H24N2O4. The van der Waals surface area contributed by atoms with E-state index in [-0.39, 0.29) is 24.2 Å². The molecule has 6 heteroatoms. The Morgan fingerprint density at radius 2 is 2.07 bits per heavy atom. The van der Waals surface area contributed by atoms with Crippen LogP contribution >= 0.6 is 0 Å². The molecule has 4 rings (SSSR count). The molecule has 1 aromatic heterocycles. The van der Waals surface area contributed by atoms with E-state index in [1.165, 1.54) is 0 Å². The Kier molecular flexibility index (Phi) is 4.99. The summed E-state index contributed by atoms with van der Waals surface area (Å²) in [5.41, 5.74) is 0.876. The quantitative estimate of drug-likeness (QED) is 0.812. The zero-order valence-corrected chi connectivity index (χ0v) is 15.5. The van der Waals surface area contributed by atoms with Crippen molar-refractivity contribution in [2.45, 2.75) is 31.5 Å². The molecule has 1 aromatic carbocycles. The van der Waals surface area contributed by atoms with Crippen LogP contribution in [0, 0.1) is 6.92 Å². The van der Waals surface area contributed by atoms with E-state index < -0.39 is 0 Å². The van der Waals surface area contributed by atoms with Crippen molar-refractivity contribution in [3.8, 4) is 11.5 Å². The minimum absolute atomic E-state index is 0.0138. The van der Waals surface area contributed by atoms with Crippen LogP contribution < -0.4 is 9.47 Å². The fraction of sp³-hybridized carbons (Fsp3) is 0.429. The maximum Gasteiger partial charge on any atom is 0.260 e. The number of ether oxygens (including phenoxy) is 3. The number of carbonyl (C=O) groups is 1. The number of amides is 1. The number of rotatable bonds is 5. The van der Waals surface area contributed by atoms with Crippen LogP contribution in [0.3, 0.4) is 0 Å². The second kappa shape index (κ2) is 7.56. The van der Waals surface area contributed by atoms with Crippen LogP contribution in [-0.4, -0.2) is 53.8 Å². The van der Waals surface area contributed by atoms with Crippen LogP contribution in [0.1, 0.15) is 18.4 Å².